The molecule has 0 saturated carbocycles. The molecule has 1 saturated heterocycles. The Balaban J connectivity index is 1.86. The van der Waals surface area contributed by atoms with Crippen LogP contribution in [0.5, 0.6) is 0 Å². The average Bonchev–Trinajstić information content (AvgIpc) is 2.52. The first kappa shape index (κ1) is 16.0. The molecule has 3 atom stereocenters. The number of rotatable bonds is 6. The van der Waals surface area contributed by atoms with Gasteiger partial charge in [-0.15, -0.1) is 0 Å². The predicted octanol–water partition coefficient (Wildman–Crippen LogP) is 3.98. The van der Waals surface area contributed by atoms with Crippen LogP contribution in [0, 0.1) is 5.92 Å². The lowest BCUT2D eigenvalue weighted by Gasteiger charge is -2.42. The van der Waals surface area contributed by atoms with Crippen LogP contribution in [0.1, 0.15) is 65.7 Å². The highest BCUT2D eigenvalue weighted by Gasteiger charge is 2.28. The van der Waals surface area contributed by atoms with Crippen molar-refractivity contribution >= 4 is 0 Å². The van der Waals surface area contributed by atoms with Crippen molar-refractivity contribution in [3.63, 3.8) is 0 Å². The molecule has 0 bridgehead atoms. The molecule has 3 unspecified atom stereocenters. The molecule has 0 spiro atoms. The maximum Gasteiger partial charge on any atom is 0.0221 e. The van der Waals surface area contributed by atoms with Gasteiger partial charge < -0.3 is 5.32 Å². The fraction of sp³-hybridized carbons (Fsp3) is 0.889. The van der Waals surface area contributed by atoms with Gasteiger partial charge in [-0.1, -0.05) is 38.8 Å². The number of piperazine rings is 1. The number of allylic oxidation sites excluding steroid dienone is 1. The SMILES string of the molecule is CCC(C)C1CN(CCC2=CCCCC2)C(CC)CN1. The van der Waals surface area contributed by atoms with Crippen LogP contribution >= 0.6 is 0 Å². The Morgan fingerprint density at radius 2 is 2.20 bits per heavy atom. The van der Waals surface area contributed by atoms with Crippen LogP contribution in [-0.4, -0.2) is 36.6 Å². The van der Waals surface area contributed by atoms with E-state index in [1.807, 2.05) is 0 Å². The Kier molecular flexibility index (Phi) is 6.57. The Morgan fingerprint density at radius 1 is 1.35 bits per heavy atom. The van der Waals surface area contributed by atoms with Crippen LogP contribution in [0.3, 0.4) is 0 Å². The highest BCUT2D eigenvalue weighted by Crippen LogP contribution is 2.22. The van der Waals surface area contributed by atoms with Crippen LogP contribution in [0.25, 0.3) is 0 Å². The van der Waals surface area contributed by atoms with Gasteiger partial charge in [0.25, 0.3) is 0 Å². The Morgan fingerprint density at radius 3 is 2.85 bits per heavy atom. The molecule has 0 aromatic carbocycles. The van der Waals surface area contributed by atoms with Crippen molar-refractivity contribution in [3.05, 3.63) is 11.6 Å². The van der Waals surface area contributed by atoms with Gasteiger partial charge >= 0.3 is 0 Å². The highest BCUT2D eigenvalue weighted by molar-refractivity contribution is 5.05. The maximum absolute atomic E-state index is 3.78. The molecule has 116 valence electrons. The van der Waals surface area contributed by atoms with Gasteiger partial charge in [0.15, 0.2) is 0 Å². The van der Waals surface area contributed by atoms with Crippen LogP contribution < -0.4 is 5.32 Å². The third-order valence-corrected chi connectivity index (χ3v) is 5.47. The molecule has 1 fully saturated rings. The second-order valence-electron chi connectivity index (χ2n) is 6.82. The first-order chi connectivity index (χ1) is 9.74. The van der Waals surface area contributed by atoms with Crippen molar-refractivity contribution < 1.29 is 0 Å². The quantitative estimate of drug-likeness (QED) is 0.739. The van der Waals surface area contributed by atoms with E-state index in [2.05, 4.69) is 37.1 Å². The Labute approximate surface area is 126 Å². The lowest BCUT2D eigenvalue weighted by Crippen LogP contribution is -2.58. The number of nitrogens with zero attached hydrogens (tertiary/aromatic N) is 1. The summed E-state index contributed by atoms with van der Waals surface area (Å²) in [6.07, 6.45) is 11.9. The highest BCUT2D eigenvalue weighted by atomic mass is 15.2. The normalized spacial score (nSPS) is 30.1. The summed E-state index contributed by atoms with van der Waals surface area (Å²) in [6.45, 7) is 10.8. The number of nitrogens with one attached hydrogen (secondary N) is 1. The minimum atomic E-state index is 0.697. The molecule has 2 nitrogen and oxygen atoms in total. The Hall–Kier alpha value is -0.340. The molecule has 20 heavy (non-hydrogen) atoms. The third-order valence-electron chi connectivity index (χ3n) is 5.47. The van der Waals surface area contributed by atoms with Crippen molar-refractivity contribution in [2.45, 2.75) is 77.8 Å². The van der Waals surface area contributed by atoms with Gasteiger partial charge in [0, 0.05) is 31.7 Å². The molecule has 1 aliphatic heterocycles. The summed E-state index contributed by atoms with van der Waals surface area (Å²) >= 11 is 0. The molecular formula is C18H34N2. The fourth-order valence-corrected chi connectivity index (χ4v) is 3.64. The van der Waals surface area contributed by atoms with E-state index in [0.717, 1.165) is 12.0 Å². The van der Waals surface area contributed by atoms with E-state index in [9.17, 15) is 0 Å². The van der Waals surface area contributed by atoms with E-state index in [1.54, 1.807) is 5.57 Å². The van der Waals surface area contributed by atoms with E-state index in [1.165, 1.54) is 64.6 Å². The second-order valence-corrected chi connectivity index (χ2v) is 6.82. The lowest BCUT2D eigenvalue weighted by molar-refractivity contribution is 0.107. The predicted molar refractivity (Wildman–Crippen MR) is 88.1 cm³/mol. The van der Waals surface area contributed by atoms with Crippen LogP contribution in [-0.2, 0) is 0 Å². The molecule has 1 aliphatic carbocycles. The van der Waals surface area contributed by atoms with Gasteiger partial charge in [0.1, 0.15) is 0 Å². The third kappa shape index (κ3) is 4.33. The smallest absolute Gasteiger partial charge is 0.0221 e. The van der Waals surface area contributed by atoms with Crippen LogP contribution in [0.4, 0.5) is 0 Å². The molecule has 2 aliphatic rings. The zero-order chi connectivity index (χ0) is 14.4. The van der Waals surface area contributed by atoms with E-state index in [0.29, 0.717) is 6.04 Å². The first-order valence-electron chi connectivity index (χ1n) is 8.89. The van der Waals surface area contributed by atoms with Gasteiger partial charge in [-0.2, -0.15) is 0 Å². The summed E-state index contributed by atoms with van der Waals surface area (Å²) in [5, 5.41) is 3.78. The monoisotopic (exact) mass is 278 g/mol. The Bertz CT molecular complexity index is 311. The molecule has 1 N–H and O–H groups in total. The zero-order valence-corrected chi connectivity index (χ0v) is 13.8. The minimum Gasteiger partial charge on any atom is -0.311 e. The molecule has 2 heteroatoms. The van der Waals surface area contributed by atoms with Gasteiger partial charge in [-0.25, -0.2) is 0 Å². The maximum atomic E-state index is 3.78. The topological polar surface area (TPSA) is 15.3 Å². The van der Waals surface area contributed by atoms with E-state index >= 15 is 0 Å². The van der Waals surface area contributed by atoms with E-state index in [4.69, 9.17) is 0 Å². The molecule has 0 aromatic rings. The first-order valence-corrected chi connectivity index (χ1v) is 8.89. The summed E-state index contributed by atoms with van der Waals surface area (Å²) in [4.78, 5) is 2.77. The van der Waals surface area contributed by atoms with E-state index < -0.39 is 0 Å². The van der Waals surface area contributed by atoms with Crippen LogP contribution in [0.2, 0.25) is 0 Å². The fourth-order valence-electron chi connectivity index (χ4n) is 3.64. The number of hydrogen-bond acceptors (Lipinski definition) is 2. The van der Waals surface area contributed by atoms with E-state index in [-0.39, 0.29) is 0 Å². The summed E-state index contributed by atoms with van der Waals surface area (Å²) in [5.74, 6) is 0.796. The van der Waals surface area contributed by atoms with Crippen molar-refractivity contribution in [1.82, 2.24) is 10.2 Å². The van der Waals surface area contributed by atoms with Crippen molar-refractivity contribution in [2.75, 3.05) is 19.6 Å². The van der Waals surface area contributed by atoms with Gasteiger partial charge in [-0.3, -0.25) is 4.90 Å². The molecule has 0 amide bonds. The average molecular weight is 278 g/mol. The van der Waals surface area contributed by atoms with Crippen molar-refractivity contribution in [1.29, 1.82) is 0 Å². The largest absolute Gasteiger partial charge is 0.311 e. The lowest BCUT2D eigenvalue weighted by atomic mass is 9.93. The summed E-state index contributed by atoms with van der Waals surface area (Å²) in [7, 11) is 0. The van der Waals surface area contributed by atoms with Crippen LogP contribution in [0.15, 0.2) is 11.6 Å². The zero-order valence-electron chi connectivity index (χ0n) is 13.8. The van der Waals surface area contributed by atoms with Crippen molar-refractivity contribution in [2.24, 2.45) is 5.92 Å². The summed E-state index contributed by atoms with van der Waals surface area (Å²) < 4.78 is 0. The molecular weight excluding hydrogens is 244 g/mol. The summed E-state index contributed by atoms with van der Waals surface area (Å²) in [5.41, 5.74) is 1.73. The molecule has 0 aromatic heterocycles. The molecule has 2 rings (SSSR count). The number of hydrogen-bond donors (Lipinski definition) is 1. The second kappa shape index (κ2) is 8.19. The van der Waals surface area contributed by atoms with Gasteiger partial charge in [0.05, 0.1) is 0 Å². The molecule has 0 radical (unpaired) electrons. The van der Waals surface area contributed by atoms with Crippen molar-refractivity contribution in [3.8, 4) is 0 Å². The summed E-state index contributed by atoms with van der Waals surface area (Å²) in [6, 6.07) is 1.45. The standard InChI is InChI=1S/C18H34N2/c1-4-15(3)18-14-20(17(5-2)13-19-18)12-11-16-9-7-6-8-10-16/h9,15,17-19H,4-8,10-14H2,1-3H3. The van der Waals surface area contributed by atoms with Gasteiger partial charge in [-0.05, 0) is 44.4 Å². The molecule has 1 heterocycles. The van der Waals surface area contributed by atoms with Gasteiger partial charge in [0.2, 0.25) is 0 Å². The minimum absolute atomic E-state index is 0.697.